The topological polar surface area (TPSA) is 48.2 Å². The predicted octanol–water partition coefficient (Wildman–Crippen LogP) is 0.992. The van der Waals surface area contributed by atoms with Crippen LogP contribution in [0.5, 0.6) is 5.75 Å². The van der Waals surface area contributed by atoms with Gasteiger partial charge in [0.25, 0.3) is 0 Å². The fraction of sp³-hybridized carbons (Fsp3) is 0.364. The average molecular weight is 189 g/mol. The highest BCUT2D eigenvalue weighted by atomic mass is 16.5. The maximum atomic E-state index is 12.1. The number of Topliss-reactive ketones (excluding diaryl/α,β-unsaturated/α-hetero) is 1. The predicted molar refractivity (Wildman–Crippen MR) is 51.6 cm³/mol. The number of rotatable bonds is 0. The Hall–Kier alpha value is -1.35. The number of hydrogen-bond donors (Lipinski definition) is 1. The first-order valence-electron chi connectivity index (χ1n) is 4.78. The molecule has 1 aromatic carbocycles. The number of ketones is 1. The van der Waals surface area contributed by atoms with Crippen LogP contribution in [0.4, 0.5) is 0 Å². The lowest BCUT2D eigenvalue weighted by Gasteiger charge is -2.22. The van der Waals surface area contributed by atoms with Gasteiger partial charge in [-0.2, -0.15) is 0 Å². The van der Waals surface area contributed by atoms with Crippen molar-refractivity contribution >= 4 is 5.78 Å². The monoisotopic (exact) mass is 189 g/mol. The molecule has 0 aliphatic carbocycles. The van der Waals surface area contributed by atoms with Crippen LogP contribution in [0.15, 0.2) is 24.3 Å². The van der Waals surface area contributed by atoms with E-state index in [-0.39, 0.29) is 11.8 Å². The van der Waals surface area contributed by atoms with Gasteiger partial charge in [-0.25, -0.2) is 0 Å². The summed E-state index contributed by atoms with van der Waals surface area (Å²) in [4.78, 5) is 12.1. The third-order valence-corrected chi connectivity index (χ3v) is 3.12. The van der Waals surface area contributed by atoms with Crippen molar-refractivity contribution in [3.05, 3.63) is 29.8 Å². The van der Waals surface area contributed by atoms with E-state index in [9.17, 15) is 4.79 Å². The molecule has 3 heteroatoms. The van der Waals surface area contributed by atoms with E-state index >= 15 is 0 Å². The van der Waals surface area contributed by atoms with Gasteiger partial charge < -0.3 is 4.74 Å². The summed E-state index contributed by atoms with van der Waals surface area (Å²) in [6.45, 7) is 2.47. The van der Waals surface area contributed by atoms with Gasteiger partial charge in [0.15, 0.2) is 5.78 Å². The van der Waals surface area contributed by atoms with Gasteiger partial charge in [-0.1, -0.05) is 12.1 Å². The number of benzene rings is 1. The van der Waals surface area contributed by atoms with Crippen molar-refractivity contribution in [2.24, 2.45) is 0 Å². The van der Waals surface area contributed by atoms with Crippen LogP contribution >= 0.6 is 0 Å². The Morgan fingerprint density at radius 2 is 2.21 bits per heavy atom. The molecule has 3 nitrogen and oxygen atoms in total. The van der Waals surface area contributed by atoms with E-state index in [1.165, 1.54) is 0 Å². The maximum Gasteiger partial charge on any atom is 0.191 e. The Balaban J connectivity index is 2.09. The molecule has 72 valence electrons. The highest BCUT2D eigenvalue weighted by Crippen LogP contribution is 2.37. The minimum atomic E-state index is -0.422. The van der Waals surface area contributed by atoms with Gasteiger partial charge in [-0.15, -0.1) is 0 Å². The quantitative estimate of drug-likeness (QED) is 0.619. The molecule has 3 rings (SSSR count). The Labute approximate surface area is 82.1 Å². The van der Waals surface area contributed by atoms with Crippen molar-refractivity contribution in [3.8, 4) is 5.75 Å². The van der Waals surface area contributed by atoms with Crippen LogP contribution < -0.4 is 10.1 Å². The lowest BCUT2D eigenvalue weighted by molar-refractivity contribution is 0.0866. The second kappa shape index (κ2) is 2.36. The lowest BCUT2D eigenvalue weighted by Crippen LogP contribution is -2.40. The Bertz CT molecular complexity index is 416. The number of nitrogens with one attached hydrogen (secondary N) is 1. The van der Waals surface area contributed by atoms with Crippen molar-refractivity contribution in [1.82, 2.24) is 5.32 Å². The van der Waals surface area contributed by atoms with Gasteiger partial charge >= 0.3 is 0 Å². The van der Waals surface area contributed by atoms with Gasteiger partial charge in [-0.3, -0.25) is 10.1 Å². The highest BCUT2D eigenvalue weighted by molar-refractivity contribution is 6.09. The number of ether oxygens (including phenoxy) is 1. The third kappa shape index (κ3) is 0.826. The summed E-state index contributed by atoms with van der Waals surface area (Å²) in [5.41, 5.74) is 0.282. The van der Waals surface area contributed by atoms with E-state index in [1.807, 2.05) is 31.2 Å². The van der Waals surface area contributed by atoms with Crippen LogP contribution in [-0.4, -0.2) is 24.0 Å². The molecule has 0 bridgehead atoms. The molecule has 1 N–H and O–H groups in total. The maximum absolute atomic E-state index is 12.1. The molecule has 0 unspecified atom stereocenters. The zero-order valence-electron chi connectivity index (χ0n) is 7.91. The van der Waals surface area contributed by atoms with Gasteiger partial charge in [-0.05, 0) is 19.1 Å². The smallest absolute Gasteiger partial charge is 0.191 e. The standard InChI is InChI=1S/C11H11NO2/c1-7-11(12-7)6-14-9-5-3-2-4-8(9)10(11)13/h2-5,7,12H,6H2,1H3/t7-,11+/m1/s1. The minimum absolute atomic E-state index is 0.173. The molecule has 1 aromatic rings. The molecule has 1 saturated heterocycles. The molecule has 1 spiro atoms. The van der Waals surface area contributed by atoms with Crippen LogP contribution in [-0.2, 0) is 0 Å². The van der Waals surface area contributed by atoms with Crippen LogP contribution in [0.3, 0.4) is 0 Å². The normalized spacial score (nSPS) is 33.8. The third-order valence-electron chi connectivity index (χ3n) is 3.12. The van der Waals surface area contributed by atoms with E-state index in [2.05, 4.69) is 5.32 Å². The minimum Gasteiger partial charge on any atom is -0.490 e. The van der Waals surface area contributed by atoms with Crippen molar-refractivity contribution in [3.63, 3.8) is 0 Å². The largest absolute Gasteiger partial charge is 0.490 e. The molecule has 1 fully saturated rings. The second-order valence-electron chi connectivity index (χ2n) is 3.95. The summed E-state index contributed by atoms with van der Waals surface area (Å²) in [6.07, 6.45) is 0. The molecule has 0 saturated carbocycles. The van der Waals surface area contributed by atoms with Gasteiger partial charge in [0.05, 0.1) is 5.56 Å². The SMILES string of the molecule is C[C@H]1N[C@@]12COc1ccccc1C2=O. The number of fused-ring (bicyclic) bond motifs is 1. The summed E-state index contributed by atoms with van der Waals surface area (Å²) >= 11 is 0. The fourth-order valence-corrected chi connectivity index (χ4v) is 2.05. The van der Waals surface area contributed by atoms with E-state index in [0.29, 0.717) is 17.9 Å². The van der Waals surface area contributed by atoms with E-state index in [0.717, 1.165) is 0 Å². The zero-order valence-corrected chi connectivity index (χ0v) is 7.91. The van der Waals surface area contributed by atoms with E-state index < -0.39 is 5.54 Å². The molecule has 2 aliphatic heterocycles. The number of hydrogen-bond acceptors (Lipinski definition) is 3. The molecule has 2 aliphatic rings. The first kappa shape index (κ1) is 8.00. The van der Waals surface area contributed by atoms with E-state index in [1.54, 1.807) is 0 Å². The van der Waals surface area contributed by atoms with Crippen molar-refractivity contribution in [2.45, 2.75) is 18.5 Å². The molecule has 14 heavy (non-hydrogen) atoms. The van der Waals surface area contributed by atoms with Crippen LogP contribution in [0.2, 0.25) is 0 Å². The zero-order chi connectivity index (χ0) is 9.76. The van der Waals surface area contributed by atoms with Gasteiger partial charge in [0.2, 0.25) is 0 Å². The number of carbonyl (C=O) groups is 1. The van der Waals surface area contributed by atoms with Crippen LogP contribution in [0, 0.1) is 0 Å². The van der Waals surface area contributed by atoms with Gasteiger partial charge in [0.1, 0.15) is 17.9 Å². The van der Waals surface area contributed by atoms with Crippen LogP contribution in [0.25, 0.3) is 0 Å². The molecular formula is C11H11NO2. The first-order chi connectivity index (χ1) is 6.74. The van der Waals surface area contributed by atoms with E-state index in [4.69, 9.17) is 4.74 Å². The Morgan fingerprint density at radius 3 is 2.93 bits per heavy atom. The molecule has 2 atom stereocenters. The summed E-state index contributed by atoms with van der Waals surface area (Å²) in [5.74, 6) is 0.885. The first-order valence-corrected chi connectivity index (χ1v) is 4.78. The summed E-state index contributed by atoms with van der Waals surface area (Å²) in [7, 11) is 0. The second-order valence-corrected chi connectivity index (χ2v) is 3.95. The molecule has 2 heterocycles. The van der Waals surface area contributed by atoms with Crippen molar-refractivity contribution in [1.29, 1.82) is 0 Å². The fourth-order valence-electron chi connectivity index (χ4n) is 2.05. The summed E-state index contributed by atoms with van der Waals surface area (Å²) < 4.78 is 5.56. The summed E-state index contributed by atoms with van der Waals surface area (Å²) in [5, 5.41) is 3.16. The molecule has 0 radical (unpaired) electrons. The van der Waals surface area contributed by atoms with Crippen LogP contribution in [0.1, 0.15) is 17.3 Å². The average Bonchev–Trinajstić information content (AvgIpc) is 2.86. The van der Waals surface area contributed by atoms with Crippen molar-refractivity contribution in [2.75, 3.05) is 6.61 Å². The lowest BCUT2D eigenvalue weighted by atomic mass is 9.92. The highest BCUT2D eigenvalue weighted by Gasteiger charge is 2.59. The summed E-state index contributed by atoms with van der Waals surface area (Å²) in [6, 6.07) is 7.65. The Kier molecular flexibility index (Phi) is 1.35. The Morgan fingerprint density at radius 1 is 1.50 bits per heavy atom. The number of carbonyl (C=O) groups excluding carboxylic acids is 1. The van der Waals surface area contributed by atoms with Crippen molar-refractivity contribution < 1.29 is 9.53 Å². The molecule has 0 aromatic heterocycles. The molecular weight excluding hydrogens is 178 g/mol. The van der Waals surface area contributed by atoms with Gasteiger partial charge in [0, 0.05) is 6.04 Å². The number of para-hydroxylation sites is 1. The molecule has 0 amide bonds.